The smallest absolute Gasteiger partial charge is 0.179 e. The molecule has 110 valence electrons. The molecule has 0 N–H and O–H groups in total. The van der Waals surface area contributed by atoms with Gasteiger partial charge in [0, 0.05) is 23.8 Å². The van der Waals surface area contributed by atoms with Gasteiger partial charge < -0.3 is 4.74 Å². The van der Waals surface area contributed by atoms with Gasteiger partial charge in [0.1, 0.15) is 5.75 Å². The highest BCUT2D eigenvalue weighted by atomic mass is 35.5. The van der Waals surface area contributed by atoms with Crippen molar-refractivity contribution >= 4 is 38.8 Å². The van der Waals surface area contributed by atoms with E-state index in [2.05, 4.69) is 0 Å². The molecule has 0 unspecified atom stereocenters. The summed E-state index contributed by atoms with van der Waals surface area (Å²) >= 11 is 11.7. The third kappa shape index (κ3) is 3.73. The molecule has 0 amide bonds. The van der Waals surface area contributed by atoms with Crippen molar-refractivity contribution in [3.05, 3.63) is 33.8 Å². The second kappa shape index (κ2) is 6.43. The molecule has 1 aliphatic rings. The molecule has 2 rings (SSSR count). The minimum absolute atomic E-state index is 0.171. The molecule has 0 radical (unpaired) electrons. The summed E-state index contributed by atoms with van der Waals surface area (Å²) in [6, 6.07) is 4.39. The Morgan fingerprint density at radius 3 is 2.50 bits per heavy atom. The summed E-state index contributed by atoms with van der Waals surface area (Å²) in [5, 5.41) is 0.0646. The zero-order chi connectivity index (χ0) is 14.8. The van der Waals surface area contributed by atoms with Crippen molar-refractivity contribution in [2.24, 2.45) is 0 Å². The first-order chi connectivity index (χ1) is 9.40. The maximum Gasteiger partial charge on any atom is 0.179 e. The molecular formula is C13H14Cl2O4S. The number of sulfone groups is 1. The Morgan fingerprint density at radius 2 is 1.90 bits per heavy atom. The van der Waals surface area contributed by atoms with Crippen LogP contribution in [-0.2, 0) is 14.6 Å². The van der Waals surface area contributed by atoms with Gasteiger partial charge >= 0.3 is 0 Å². The molecule has 0 spiro atoms. The Kier molecular flexibility index (Phi) is 5.07. The zero-order valence-corrected chi connectivity index (χ0v) is 13.0. The minimum atomic E-state index is -3.48. The van der Waals surface area contributed by atoms with Crippen molar-refractivity contribution in [2.75, 3.05) is 19.0 Å². The standard InChI is InChI=1S/C13H14Cl2O4S/c14-9-1-2-11(12(15)7-9)13(16)8-20(17,18)10-3-5-19-6-4-10/h1-2,7,10H,3-6,8H2. The van der Waals surface area contributed by atoms with E-state index in [-0.39, 0.29) is 10.6 Å². The van der Waals surface area contributed by atoms with Crippen LogP contribution >= 0.6 is 23.2 Å². The van der Waals surface area contributed by atoms with E-state index in [4.69, 9.17) is 27.9 Å². The topological polar surface area (TPSA) is 60.4 Å². The van der Waals surface area contributed by atoms with Crippen molar-refractivity contribution in [3.63, 3.8) is 0 Å². The molecule has 0 bridgehead atoms. The van der Waals surface area contributed by atoms with Gasteiger partial charge in [0.15, 0.2) is 15.6 Å². The van der Waals surface area contributed by atoms with E-state index in [1.54, 1.807) is 0 Å². The fourth-order valence-corrected chi connectivity index (χ4v) is 4.31. The van der Waals surface area contributed by atoms with E-state index >= 15 is 0 Å². The lowest BCUT2D eigenvalue weighted by Gasteiger charge is -2.21. The molecule has 1 saturated heterocycles. The Morgan fingerprint density at radius 1 is 1.25 bits per heavy atom. The summed E-state index contributed by atoms with van der Waals surface area (Å²) in [5.41, 5.74) is 0.187. The van der Waals surface area contributed by atoms with Crippen LogP contribution in [0.25, 0.3) is 0 Å². The number of Topliss-reactive ketones (excluding diaryl/α,β-unsaturated/α-hetero) is 1. The molecule has 20 heavy (non-hydrogen) atoms. The first kappa shape index (κ1) is 15.8. The average Bonchev–Trinajstić information content (AvgIpc) is 2.39. The molecule has 0 atom stereocenters. The number of ether oxygens (including phenoxy) is 1. The quantitative estimate of drug-likeness (QED) is 0.793. The third-order valence-electron chi connectivity index (χ3n) is 3.24. The number of hydrogen-bond donors (Lipinski definition) is 0. The number of hydrogen-bond acceptors (Lipinski definition) is 4. The molecule has 0 saturated carbocycles. The largest absolute Gasteiger partial charge is 0.381 e. The Labute approximate surface area is 127 Å². The molecule has 0 aliphatic carbocycles. The fraction of sp³-hybridized carbons (Fsp3) is 0.462. The first-order valence-corrected chi connectivity index (χ1v) is 8.65. The number of benzene rings is 1. The third-order valence-corrected chi connectivity index (χ3v) is 5.94. The summed E-state index contributed by atoms with van der Waals surface area (Å²) in [5.74, 6) is -1.03. The molecule has 4 nitrogen and oxygen atoms in total. The molecule has 1 aromatic rings. The van der Waals surface area contributed by atoms with Crippen molar-refractivity contribution in [2.45, 2.75) is 18.1 Å². The number of carbonyl (C=O) groups excluding carboxylic acids is 1. The van der Waals surface area contributed by atoms with Gasteiger partial charge in [-0.3, -0.25) is 4.79 Å². The lowest BCUT2D eigenvalue weighted by atomic mass is 10.1. The highest BCUT2D eigenvalue weighted by Gasteiger charge is 2.30. The summed E-state index contributed by atoms with van der Waals surface area (Å²) in [6.07, 6.45) is 0.869. The normalized spacial score (nSPS) is 17.1. The average molecular weight is 337 g/mol. The Balaban J connectivity index is 2.14. The van der Waals surface area contributed by atoms with Gasteiger partial charge in [-0.05, 0) is 31.0 Å². The highest BCUT2D eigenvalue weighted by molar-refractivity contribution is 7.92. The number of halogens is 2. The molecule has 1 aromatic carbocycles. The van der Waals surface area contributed by atoms with Crippen LogP contribution < -0.4 is 0 Å². The van der Waals surface area contributed by atoms with Crippen molar-refractivity contribution in [1.82, 2.24) is 0 Å². The summed E-state index contributed by atoms with van der Waals surface area (Å²) in [4.78, 5) is 12.1. The van der Waals surface area contributed by atoms with Crippen LogP contribution in [0.1, 0.15) is 23.2 Å². The molecule has 0 aromatic heterocycles. The van der Waals surface area contributed by atoms with Gasteiger partial charge in [-0.25, -0.2) is 8.42 Å². The van der Waals surface area contributed by atoms with Crippen molar-refractivity contribution in [3.8, 4) is 0 Å². The number of rotatable bonds is 4. The van der Waals surface area contributed by atoms with Gasteiger partial charge in [-0.1, -0.05) is 23.2 Å². The second-order valence-corrected chi connectivity index (χ2v) is 7.79. The van der Waals surface area contributed by atoms with Gasteiger partial charge in [-0.15, -0.1) is 0 Å². The van der Waals surface area contributed by atoms with E-state index in [1.807, 2.05) is 0 Å². The second-order valence-electron chi connectivity index (χ2n) is 4.67. The maximum atomic E-state index is 12.2. The summed E-state index contributed by atoms with van der Waals surface area (Å²) in [6.45, 7) is 0.833. The van der Waals surface area contributed by atoms with E-state index in [1.165, 1.54) is 18.2 Å². The van der Waals surface area contributed by atoms with E-state index < -0.39 is 26.6 Å². The summed E-state index contributed by atoms with van der Waals surface area (Å²) < 4.78 is 29.5. The van der Waals surface area contributed by atoms with Crippen molar-refractivity contribution in [1.29, 1.82) is 0 Å². The SMILES string of the molecule is O=C(CS(=O)(=O)C1CCOCC1)c1ccc(Cl)cc1Cl. The highest BCUT2D eigenvalue weighted by Crippen LogP contribution is 2.23. The van der Waals surface area contributed by atoms with Gasteiger partial charge in [-0.2, -0.15) is 0 Å². The minimum Gasteiger partial charge on any atom is -0.381 e. The van der Waals surface area contributed by atoms with Crippen molar-refractivity contribution < 1.29 is 17.9 Å². The fourth-order valence-electron chi connectivity index (χ4n) is 2.13. The van der Waals surface area contributed by atoms with Gasteiger partial charge in [0.2, 0.25) is 0 Å². The van der Waals surface area contributed by atoms with E-state index in [0.717, 1.165) is 0 Å². The van der Waals surface area contributed by atoms with Crippen LogP contribution in [0, 0.1) is 0 Å². The van der Waals surface area contributed by atoms with Crippen LogP contribution in [0.4, 0.5) is 0 Å². The van der Waals surface area contributed by atoms with Crippen LogP contribution in [0.2, 0.25) is 10.0 Å². The van der Waals surface area contributed by atoms with Gasteiger partial charge in [0.05, 0.1) is 10.3 Å². The number of carbonyl (C=O) groups is 1. The van der Waals surface area contributed by atoms with Crippen LogP contribution in [0.15, 0.2) is 18.2 Å². The molecule has 7 heteroatoms. The predicted octanol–water partition coefficient (Wildman–Crippen LogP) is 2.77. The molecule has 1 heterocycles. The maximum absolute atomic E-state index is 12.2. The summed E-state index contributed by atoms with van der Waals surface area (Å²) in [7, 11) is -3.48. The lowest BCUT2D eigenvalue weighted by Crippen LogP contribution is -2.33. The monoisotopic (exact) mass is 336 g/mol. The van der Waals surface area contributed by atoms with Crippen LogP contribution in [0.3, 0.4) is 0 Å². The molecule has 1 aliphatic heterocycles. The zero-order valence-electron chi connectivity index (χ0n) is 10.6. The van der Waals surface area contributed by atoms with Crippen LogP contribution in [-0.4, -0.2) is 38.4 Å². The molecular weight excluding hydrogens is 323 g/mol. The van der Waals surface area contributed by atoms with Crippen LogP contribution in [0.5, 0.6) is 0 Å². The first-order valence-electron chi connectivity index (χ1n) is 6.18. The predicted molar refractivity (Wildman–Crippen MR) is 78.4 cm³/mol. The van der Waals surface area contributed by atoms with Gasteiger partial charge in [0.25, 0.3) is 0 Å². The lowest BCUT2D eigenvalue weighted by molar-refractivity contribution is 0.0971. The Bertz CT molecular complexity index is 607. The van der Waals surface area contributed by atoms with E-state index in [0.29, 0.717) is 31.1 Å². The van der Waals surface area contributed by atoms with E-state index in [9.17, 15) is 13.2 Å². The molecule has 1 fully saturated rings. The Hall–Kier alpha value is -0.620. The number of ketones is 1.